The number of hydrogen-bond donors (Lipinski definition) is 1. The molecule has 3 rings (SSSR count). The number of hydrogen-bond acceptors (Lipinski definition) is 7. The minimum atomic E-state index is -0.429. The Morgan fingerprint density at radius 2 is 2.12 bits per heavy atom. The summed E-state index contributed by atoms with van der Waals surface area (Å²) in [6.07, 6.45) is 1.67. The number of piperidine rings is 1. The molecule has 2 heterocycles. The molecule has 0 saturated carbocycles. The molecule has 9 heteroatoms. The van der Waals surface area contributed by atoms with E-state index in [2.05, 4.69) is 15.2 Å². The van der Waals surface area contributed by atoms with Gasteiger partial charge >= 0.3 is 0 Å². The topological polar surface area (TPSA) is 115 Å². The minimum Gasteiger partial charge on any atom is -0.366 e. The number of benzene rings is 1. The van der Waals surface area contributed by atoms with Crippen molar-refractivity contribution in [2.24, 2.45) is 0 Å². The van der Waals surface area contributed by atoms with Crippen molar-refractivity contribution in [1.82, 2.24) is 15.2 Å². The summed E-state index contributed by atoms with van der Waals surface area (Å²) in [5, 5.41) is 27.4. The maximum Gasteiger partial charge on any atom is 0.293 e. The third kappa shape index (κ3) is 3.38. The van der Waals surface area contributed by atoms with Crippen LogP contribution in [0.15, 0.2) is 18.2 Å². The van der Waals surface area contributed by atoms with E-state index in [-0.39, 0.29) is 11.6 Å². The van der Waals surface area contributed by atoms with Gasteiger partial charge in [-0.15, -0.1) is 5.10 Å². The summed E-state index contributed by atoms with van der Waals surface area (Å²) in [5.74, 6) is 1.77. The summed E-state index contributed by atoms with van der Waals surface area (Å²) in [7, 11) is 3.78. The molecule has 9 nitrogen and oxygen atoms in total. The van der Waals surface area contributed by atoms with Gasteiger partial charge in [-0.25, -0.2) is 0 Å². The molecule has 130 valence electrons. The lowest BCUT2D eigenvalue weighted by molar-refractivity contribution is -0.384. The summed E-state index contributed by atoms with van der Waals surface area (Å²) in [6.45, 7) is 1.38. The van der Waals surface area contributed by atoms with Crippen molar-refractivity contribution in [3.8, 4) is 6.07 Å². The van der Waals surface area contributed by atoms with Crippen LogP contribution in [0.3, 0.4) is 0 Å². The van der Waals surface area contributed by atoms with Crippen LogP contribution >= 0.6 is 0 Å². The molecule has 1 aromatic carbocycles. The molecule has 0 atom stereocenters. The number of nitrogens with zero attached hydrogens (tertiary/aromatic N) is 6. The molecule has 0 aliphatic carbocycles. The largest absolute Gasteiger partial charge is 0.366 e. The zero-order valence-corrected chi connectivity index (χ0v) is 14.1. The predicted molar refractivity (Wildman–Crippen MR) is 92.7 cm³/mol. The average Bonchev–Trinajstić information content (AvgIpc) is 3.12. The van der Waals surface area contributed by atoms with E-state index in [1.165, 1.54) is 6.07 Å². The average molecular weight is 341 g/mol. The Labute approximate surface area is 145 Å². The first-order chi connectivity index (χ1) is 12.0. The molecule has 1 aliphatic heterocycles. The van der Waals surface area contributed by atoms with Gasteiger partial charge in [-0.2, -0.15) is 10.2 Å². The summed E-state index contributed by atoms with van der Waals surface area (Å²) in [4.78, 5) is 19.2. The molecule has 1 fully saturated rings. The molecule has 25 heavy (non-hydrogen) atoms. The molecule has 1 aromatic heterocycles. The first kappa shape index (κ1) is 16.7. The van der Waals surface area contributed by atoms with Gasteiger partial charge in [0.2, 0.25) is 5.95 Å². The fourth-order valence-electron chi connectivity index (χ4n) is 3.05. The van der Waals surface area contributed by atoms with Gasteiger partial charge in [0.1, 0.15) is 11.5 Å². The fourth-order valence-corrected chi connectivity index (χ4v) is 3.05. The van der Waals surface area contributed by atoms with Crippen molar-refractivity contribution in [2.75, 3.05) is 37.0 Å². The number of nitro benzene ring substituents is 1. The second-order valence-electron chi connectivity index (χ2n) is 6.25. The Hall–Kier alpha value is -3.15. The zero-order chi connectivity index (χ0) is 18.0. The van der Waals surface area contributed by atoms with E-state index in [4.69, 9.17) is 5.26 Å². The number of anilines is 2. The van der Waals surface area contributed by atoms with Gasteiger partial charge in [0, 0.05) is 39.2 Å². The lowest BCUT2D eigenvalue weighted by atomic mass is 9.95. The maximum atomic E-state index is 11.3. The van der Waals surface area contributed by atoms with E-state index in [0.29, 0.717) is 30.3 Å². The highest BCUT2D eigenvalue weighted by Crippen LogP contribution is 2.34. The number of nitriles is 1. The maximum absolute atomic E-state index is 11.3. The highest BCUT2D eigenvalue weighted by molar-refractivity contribution is 5.65. The van der Waals surface area contributed by atoms with E-state index in [1.807, 2.05) is 30.0 Å². The Balaban J connectivity index is 1.74. The first-order valence-electron chi connectivity index (χ1n) is 8.02. The molecule has 2 aromatic rings. The SMILES string of the molecule is CN(C)c1n[nH]c(C2CCN(c3ccc(C#N)cc3[N+](=O)[O-])CC2)n1. The summed E-state index contributed by atoms with van der Waals surface area (Å²) in [6, 6.07) is 6.56. The van der Waals surface area contributed by atoms with Crippen LogP contribution in [0.1, 0.15) is 30.1 Å². The number of nitro groups is 1. The number of nitrogens with one attached hydrogen (secondary N) is 1. The molecule has 0 unspecified atom stereocenters. The fraction of sp³-hybridized carbons (Fsp3) is 0.438. The molecule has 1 saturated heterocycles. The number of rotatable bonds is 4. The van der Waals surface area contributed by atoms with Gasteiger partial charge in [-0.3, -0.25) is 15.2 Å². The Bertz CT molecular complexity index is 816. The van der Waals surface area contributed by atoms with E-state index in [1.54, 1.807) is 12.1 Å². The van der Waals surface area contributed by atoms with Crippen LogP contribution in [0.2, 0.25) is 0 Å². The van der Waals surface area contributed by atoms with Crippen LogP contribution in [0, 0.1) is 21.4 Å². The highest BCUT2D eigenvalue weighted by Gasteiger charge is 2.27. The molecular weight excluding hydrogens is 322 g/mol. The standard InChI is InChI=1S/C16H19N7O2/c1-21(2)16-18-15(19-20-16)12-5-7-22(8-6-12)13-4-3-11(10-17)9-14(13)23(24)25/h3-4,9,12H,5-8H2,1-2H3,(H,18,19,20). The molecule has 1 N–H and O–H groups in total. The van der Waals surface area contributed by atoms with Crippen LogP contribution in [0.25, 0.3) is 0 Å². The van der Waals surface area contributed by atoms with Crippen LogP contribution in [0.5, 0.6) is 0 Å². The van der Waals surface area contributed by atoms with Gasteiger partial charge in [-0.05, 0) is 25.0 Å². The number of H-pyrrole nitrogens is 1. The second-order valence-corrected chi connectivity index (χ2v) is 6.25. The second kappa shape index (κ2) is 6.76. The normalized spacial score (nSPS) is 15.0. The summed E-state index contributed by atoms with van der Waals surface area (Å²) < 4.78 is 0. The van der Waals surface area contributed by atoms with Crippen LogP contribution in [-0.2, 0) is 0 Å². The van der Waals surface area contributed by atoms with Crippen molar-refractivity contribution in [2.45, 2.75) is 18.8 Å². The van der Waals surface area contributed by atoms with Crippen LogP contribution in [0.4, 0.5) is 17.3 Å². The van der Waals surface area contributed by atoms with Crippen molar-refractivity contribution in [3.63, 3.8) is 0 Å². The Morgan fingerprint density at radius 1 is 1.40 bits per heavy atom. The van der Waals surface area contributed by atoms with Gasteiger partial charge in [0.25, 0.3) is 5.69 Å². The lowest BCUT2D eigenvalue weighted by Crippen LogP contribution is -2.33. The monoisotopic (exact) mass is 341 g/mol. The third-order valence-electron chi connectivity index (χ3n) is 4.41. The third-order valence-corrected chi connectivity index (χ3v) is 4.41. The van der Waals surface area contributed by atoms with Gasteiger partial charge < -0.3 is 9.80 Å². The van der Waals surface area contributed by atoms with Crippen molar-refractivity contribution < 1.29 is 4.92 Å². The van der Waals surface area contributed by atoms with Crippen LogP contribution < -0.4 is 9.80 Å². The van der Waals surface area contributed by atoms with Gasteiger partial charge in [0.15, 0.2) is 0 Å². The molecule has 0 radical (unpaired) electrons. The Morgan fingerprint density at radius 3 is 2.68 bits per heavy atom. The highest BCUT2D eigenvalue weighted by atomic mass is 16.6. The summed E-state index contributed by atoms with van der Waals surface area (Å²) >= 11 is 0. The van der Waals surface area contributed by atoms with Crippen molar-refractivity contribution in [1.29, 1.82) is 5.26 Å². The number of aromatic amines is 1. The molecule has 1 aliphatic rings. The van der Waals surface area contributed by atoms with Crippen molar-refractivity contribution >= 4 is 17.3 Å². The van der Waals surface area contributed by atoms with E-state index >= 15 is 0 Å². The van der Waals surface area contributed by atoms with Gasteiger partial charge in [-0.1, -0.05) is 0 Å². The van der Waals surface area contributed by atoms with E-state index in [9.17, 15) is 10.1 Å². The first-order valence-corrected chi connectivity index (χ1v) is 8.02. The lowest BCUT2D eigenvalue weighted by Gasteiger charge is -2.32. The predicted octanol–water partition coefficient (Wildman–Crippen LogP) is 2.03. The van der Waals surface area contributed by atoms with Gasteiger partial charge in [0.05, 0.1) is 16.6 Å². The minimum absolute atomic E-state index is 0.0212. The van der Waals surface area contributed by atoms with Crippen LogP contribution in [-0.4, -0.2) is 47.3 Å². The van der Waals surface area contributed by atoms with E-state index < -0.39 is 4.92 Å². The molecule has 0 bridgehead atoms. The van der Waals surface area contributed by atoms with Crippen molar-refractivity contribution in [3.05, 3.63) is 39.7 Å². The molecule has 0 amide bonds. The van der Waals surface area contributed by atoms with E-state index in [0.717, 1.165) is 18.7 Å². The summed E-state index contributed by atoms with van der Waals surface area (Å²) in [5.41, 5.74) is 0.837. The smallest absolute Gasteiger partial charge is 0.293 e. The molecule has 0 spiro atoms. The molecular formula is C16H19N7O2. The quantitative estimate of drug-likeness (QED) is 0.668. The Kier molecular flexibility index (Phi) is 4.52. The zero-order valence-electron chi connectivity index (χ0n) is 14.1. The number of aromatic nitrogens is 3.